The Bertz CT molecular complexity index is 1870. The molecule has 1 saturated heterocycles. The maximum atomic E-state index is 15.1. The molecular formula is C34H34FN7O4S. The van der Waals surface area contributed by atoms with Gasteiger partial charge >= 0.3 is 0 Å². The summed E-state index contributed by atoms with van der Waals surface area (Å²) in [4.78, 5) is 49.1. The zero-order valence-corrected chi connectivity index (χ0v) is 26.4. The molecule has 0 atom stereocenters. The number of anilines is 2. The van der Waals surface area contributed by atoms with E-state index < -0.39 is 24.1 Å². The lowest BCUT2D eigenvalue weighted by atomic mass is 10.2. The molecule has 4 heterocycles. The molecule has 1 aliphatic heterocycles. The average molecular weight is 656 g/mol. The molecule has 0 aliphatic carbocycles. The molecule has 3 aromatic heterocycles. The molecule has 13 heteroatoms. The first-order chi connectivity index (χ1) is 22.9. The molecule has 3 amide bonds. The quantitative estimate of drug-likeness (QED) is 0.110. The van der Waals surface area contributed by atoms with Gasteiger partial charge in [0.25, 0.3) is 0 Å². The van der Waals surface area contributed by atoms with Crippen LogP contribution in [0.4, 0.5) is 15.8 Å². The lowest BCUT2D eigenvalue weighted by Gasteiger charge is -2.14. The maximum absolute atomic E-state index is 15.1. The molecule has 0 radical (unpaired) electrons. The lowest BCUT2D eigenvalue weighted by molar-refractivity contribution is -0.124. The number of halogens is 1. The van der Waals surface area contributed by atoms with Crippen LogP contribution in [0, 0.1) is 5.82 Å². The van der Waals surface area contributed by atoms with Crippen LogP contribution in [0.2, 0.25) is 0 Å². The van der Waals surface area contributed by atoms with Gasteiger partial charge in [0, 0.05) is 42.4 Å². The van der Waals surface area contributed by atoms with Crippen LogP contribution in [0.25, 0.3) is 20.8 Å². The topological polar surface area (TPSA) is 130 Å². The molecule has 2 aromatic carbocycles. The van der Waals surface area contributed by atoms with Crippen LogP contribution in [-0.2, 0) is 20.9 Å². The fraction of sp³-hybridized carbons (Fsp3) is 0.265. The molecule has 5 aromatic rings. The van der Waals surface area contributed by atoms with Gasteiger partial charge < -0.3 is 30.2 Å². The highest BCUT2D eigenvalue weighted by molar-refractivity contribution is 7.22. The fourth-order valence-electron chi connectivity index (χ4n) is 5.31. The van der Waals surface area contributed by atoms with Crippen LogP contribution < -0.4 is 20.7 Å². The standard InChI is InChI=1S/C34H34FN7O4S/c35-25-17-24(40-32(44)19-31(43)39-23-7-2-1-3-8-23)9-10-28(25)46-29-11-13-36-26-18-30(47-34(26)29)27-20-42(22-38-27)21-33(45)37-12-6-16-41-14-4-5-15-41/h1-3,7-11,13,17-18,20,22H,4-6,12,14-16,19,21H2,(H,37,45)(H,39,43)(H,40,44). The number of imidazole rings is 1. The van der Waals surface area contributed by atoms with E-state index in [9.17, 15) is 14.4 Å². The molecule has 242 valence electrons. The minimum atomic E-state index is -0.689. The van der Waals surface area contributed by atoms with E-state index in [-0.39, 0.29) is 23.9 Å². The minimum absolute atomic E-state index is 0.0389. The van der Waals surface area contributed by atoms with Crippen molar-refractivity contribution in [2.24, 2.45) is 0 Å². The van der Waals surface area contributed by atoms with Crippen LogP contribution >= 0.6 is 11.3 Å². The Morgan fingerprint density at radius 1 is 0.894 bits per heavy atom. The molecular weight excluding hydrogens is 621 g/mol. The van der Waals surface area contributed by atoms with E-state index in [0.717, 1.165) is 37.0 Å². The summed E-state index contributed by atoms with van der Waals surface area (Å²) in [6.45, 7) is 4.13. The highest BCUT2D eigenvalue weighted by Crippen LogP contribution is 2.39. The van der Waals surface area contributed by atoms with Crippen molar-refractivity contribution in [3.63, 3.8) is 0 Å². The Kier molecular flexibility index (Phi) is 10.1. The number of carbonyl (C=O) groups excluding carboxylic acids is 3. The monoisotopic (exact) mass is 655 g/mol. The molecule has 3 N–H and O–H groups in total. The summed E-state index contributed by atoms with van der Waals surface area (Å²) in [5.74, 6) is -1.45. The number of nitrogens with one attached hydrogen (secondary N) is 3. The number of amides is 3. The number of hydrogen-bond acceptors (Lipinski definition) is 8. The molecule has 1 fully saturated rings. The number of nitrogens with zero attached hydrogens (tertiary/aromatic N) is 4. The van der Waals surface area contributed by atoms with Gasteiger partial charge in [0.05, 0.1) is 27.1 Å². The second-order valence-corrected chi connectivity index (χ2v) is 12.3. The average Bonchev–Trinajstić information content (AvgIpc) is 3.83. The van der Waals surface area contributed by atoms with Crippen molar-refractivity contribution in [2.75, 3.05) is 36.8 Å². The van der Waals surface area contributed by atoms with E-state index >= 15 is 4.39 Å². The van der Waals surface area contributed by atoms with Crippen LogP contribution in [0.1, 0.15) is 25.7 Å². The Morgan fingerprint density at radius 3 is 2.47 bits per heavy atom. The molecule has 0 bridgehead atoms. The van der Waals surface area contributed by atoms with Gasteiger partial charge in [-0.3, -0.25) is 19.4 Å². The van der Waals surface area contributed by atoms with Gasteiger partial charge in [-0.1, -0.05) is 18.2 Å². The second kappa shape index (κ2) is 15.0. The molecule has 6 rings (SSSR count). The first kappa shape index (κ1) is 31.8. The first-order valence-electron chi connectivity index (χ1n) is 15.4. The van der Waals surface area contributed by atoms with Crippen molar-refractivity contribution in [1.82, 2.24) is 24.8 Å². The number of ether oxygens (including phenoxy) is 1. The Hall–Kier alpha value is -5.14. The van der Waals surface area contributed by atoms with Crippen molar-refractivity contribution in [2.45, 2.75) is 32.2 Å². The highest BCUT2D eigenvalue weighted by atomic mass is 32.1. The number of carbonyl (C=O) groups is 3. The zero-order valence-electron chi connectivity index (χ0n) is 25.6. The predicted octanol–water partition coefficient (Wildman–Crippen LogP) is 5.66. The SMILES string of the molecule is O=C(Cn1cnc(-c2cc3nccc(Oc4ccc(NC(=O)CC(=O)Nc5ccccc5)cc4F)c3s2)c1)NCCCN1CCCC1. The molecule has 1 aliphatic rings. The number of pyridine rings is 1. The van der Waals surface area contributed by atoms with Crippen molar-refractivity contribution >= 4 is 50.6 Å². The van der Waals surface area contributed by atoms with Gasteiger partial charge in [-0.15, -0.1) is 11.3 Å². The third-order valence-electron chi connectivity index (χ3n) is 7.57. The van der Waals surface area contributed by atoms with E-state index in [1.165, 1.54) is 36.3 Å². The van der Waals surface area contributed by atoms with E-state index in [4.69, 9.17) is 4.74 Å². The predicted molar refractivity (Wildman–Crippen MR) is 179 cm³/mol. The van der Waals surface area contributed by atoms with Crippen molar-refractivity contribution in [3.05, 3.63) is 85.2 Å². The van der Waals surface area contributed by atoms with Crippen LogP contribution in [-0.4, -0.2) is 63.3 Å². The van der Waals surface area contributed by atoms with Gasteiger partial charge in [0.2, 0.25) is 17.7 Å². The minimum Gasteiger partial charge on any atom is -0.453 e. The number of para-hydroxylation sites is 1. The largest absolute Gasteiger partial charge is 0.453 e. The first-order valence-corrected chi connectivity index (χ1v) is 16.2. The Morgan fingerprint density at radius 2 is 1.68 bits per heavy atom. The Labute approximate surface area is 274 Å². The van der Waals surface area contributed by atoms with Crippen molar-refractivity contribution in [3.8, 4) is 22.1 Å². The summed E-state index contributed by atoms with van der Waals surface area (Å²) in [6.07, 6.45) is 8.04. The number of benzene rings is 2. The van der Waals surface area contributed by atoms with Crippen LogP contribution in [0.15, 0.2) is 79.4 Å². The summed E-state index contributed by atoms with van der Waals surface area (Å²) >= 11 is 1.40. The third-order valence-corrected chi connectivity index (χ3v) is 8.74. The van der Waals surface area contributed by atoms with Crippen molar-refractivity contribution < 1.29 is 23.5 Å². The van der Waals surface area contributed by atoms with E-state index in [0.29, 0.717) is 33.9 Å². The van der Waals surface area contributed by atoms with E-state index in [1.807, 2.05) is 18.3 Å². The van der Waals surface area contributed by atoms with Crippen LogP contribution in [0.3, 0.4) is 0 Å². The van der Waals surface area contributed by atoms with Gasteiger partial charge in [0.1, 0.15) is 18.7 Å². The highest BCUT2D eigenvalue weighted by Gasteiger charge is 2.16. The number of rotatable bonds is 13. The molecule has 0 spiro atoms. The number of thiophene rings is 1. The van der Waals surface area contributed by atoms with Gasteiger partial charge in [0.15, 0.2) is 11.6 Å². The molecule has 0 unspecified atom stereocenters. The molecule has 0 saturated carbocycles. The number of aromatic nitrogens is 3. The Balaban J connectivity index is 1.04. The third kappa shape index (κ3) is 8.57. The van der Waals surface area contributed by atoms with E-state index in [1.54, 1.807) is 47.4 Å². The molecule has 47 heavy (non-hydrogen) atoms. The van der Waals surface area contributed by atoms with Gasteiger partial charge in [-0.05, 0) is 69.2 Å². The van der Waals surface area contributed by atoms with Crippen molar-refractivity contribution in [1.29, 1.82) is 0 Å². The maximum Gasteiger partial charge on any atom is 0.239 e. The second-order valence-electron chi connectivity index (χ2n) is 11.2. The smallest absolute Gasteiger partial charge is 0.239 e. The van der Waals surface area contributed by atoms with Gasteiger partial charge in [-0.2, -0.15) is 0 Å². The molecule has 11 nitrogen and oxygen atoms in total. The number of hydrogen-bond donors (Lipinski definition) is 3. The normalized spacial score (nSPS) is 13.0. The lowest BCUT2D eigenvalue weighted by Crippen LogP contribution is -2.30. The summed E-state index contributed by atoms with van der Waals surface area (Å²) < 4.78 is 23.4. The summed E-state index contributed by atoms with van der Waals surface area (Å²) in [6, 6.07) is 16.4. The fourth-order valence-corrected chi connectivity index (χ4v) is 6.34. The number of fused-ring (bicyclic) bond motifs is 1. The van der Waals surface area contributed by atoms with E-state index in [2.05, 4.69) is 30.8 Å². The summed E-state index contributed by atoms with van der Waals surface area (Å²) in [7, 11) is 0. The zero-order chi connectivity index (χ0) is 32.6. The van der Waals surface area contributed by atoms with Crippen LogP contribution in [0.5, 0.6) is 11.5 Å². The summed E-state index contributed by atoms with van der Waals surface area (Å²) in [5.41, 5.74) is 2.11. The summed E-state index contributed by atoms with van der Waals surface area (Å²) in [5, 5.41) is 8.16. The van der Waals surface area contributed by atoms with Gasteiger partial charge in [-0.25, -0.2) is 9.37 Å². The number of likely N-dealkylation sites (tertiary alicyclic amines) is 1.